The maximum atomic E-state index is 14.4. The number of nitrogens with zero attached hydrogens (tertiary/aromatic N) is 3. The highest BCUT2D eigenvalue weighted by atomic mass is 35.5. The van der Waals surface area contributed by atoms with E-state index >= 15 is 0 Å². The smallest absolute Gasteiger partial charge is 0.384 e. The summed E-state index contributed by atoms with van der Waals surface area (Å²) in [5.41, 5.74) is -3.53. The van der Waals surface area contributed by atoms with Crippen LogP contribution in [-0.4, -0.2) is 41.7 Å². The Balaban J connectivity index is 1.77. The van der Waals surface area contributed by atoms with Gasteiger partial charge >= 0.3 is 12.2 Å². The summed E-state index contributed by atoms with van der Waals surface area (Å²) in [5.74, 6) is -3.64. The van der Waals surface area contributed by atoms with Crippen LogP contribution in [0.4, 0.5) is 38.3 Å². The number of aliphatic hydroxyl groups is 1. The molecule has 2 aliphatic rings. The Morgan fingerprint density at radius 1 is 1.35 bits per heavy atom. The Kier molecular flexibility index (Phi) is 5.72. The molecule has 2 aromatic rings. The number of pyridine rings is 1. The molecule has 0 spiro atoms. The van der Waals surface area contributed by atoms with Gasteiger partial charge in [-0.1, -0.05) is 11.6 Å². The van der Waals surface area contributed by atoms with E-state index < -0.39 is 63.5 Å². The molecule has 0 radical (unpaired) electrons. The highest BCUT2D eigenvalue weighted by Crippen LogP contribution is 2.44. The number of likely N-dealkylation sites (N-methyl/N-ethyl adjacent to an activating group) is 1. The number of alkyl halides is 3. The minimum Gasteiger partial charge on any atom is -0.384 e. The zero-order chi connectivity index (χ0) is 25.2. The quantitative estimate of drug-likeness (QED) is 0.492. The maximum Gasteiger partial charge on any atom is 0.416 e. The van der Waals surface area contributed by atoms with Gasteiger partial charge in [-0.25, -0.2) is 18.6 Å². The van der Waals surface area contributed by atoms with E-state index in [1.165, 1.54) is 6.92 Å². The van der Waals surface area contributed by atoms with Crippen molar-refractivity contribution in [1.29, 1.82) is 0 Å². The molecule has 1 saturated heterocycles. The fourth-order valence-electron chi connectivity index (χ4n) is 4.20. The molecule has 1 unspecified atom stereocenters. The predicted molar refractivity (Wildman–Crippen MR) is 112 cm³/mol. The summed E-state index contributed by atoms with van der Waals surface area (Å²) in [6, 6.07) is 0.164. The van der Waals surface area contributed by atoms with Crippen molar-refractivity contribution in [2.45, 2.75) is 37.6 Å². The Labute approximate surface area is 195 Å². The Morgan fingerprint density at radius 3 is 2.68 bits per heavy atom. The Bertz CT molecular complexity index is 1200. The second kappa shape index (κ2) is 8.05. The van der Waals surface area contributed by atoms with Crippen molar-refractivity contribution >= 4 is 35.0 Å². The molecule has 2 heterocycles. The first kappa shape index (κ1) is 24.1. The summed E-state index contributed by atoms with van der Waals surface area (Å²) >= 11 is 5.57. The summed E-state index contributed by atoms with van der Waals surface area (Å²) in [6.07, 6.45) is -4.86. The summed E-state index contributed by atoms with van der Waals surface area (Å²) in [6.45, 7) is 1.01. The molecule has 1 aliphatic carbocycles. The van der Waals surface area contributed by atoms with E-state index in [1.54, 1.807) is 0 Å². The lowest BCUT2D eigenvalue weighted by molar-refractivity contribution is -0.138. The third-order valence-corrected chi connectivity index (χ3v) is 6.35. The van der Waals surface area contributed by atoms with Gasteiger partial charge in [0, 0.05) is 13.6 Å². The number of hydrogen-bond donors (Lipinski definition) is 2. The standard InChI is InChI=1S/C21H18ClF5N4O3/c1-20(34)6-5-9-10(21(25,26)27)7-14(29-17(9)20)31-13(8-28-19(31)33)18(32)30(2)12-4-3-11(23)15(22)16(12)24/h3-4,7,13,34H,5-6,8H2,1-2H3,(H,28,33)/t13?,20-/m0/s1. The van der Waals surface area contributed by atoms with Crippen molar-refractivity contribution in [3.05, 3.63) is 51.7 Å². The van der Waals surface area contributed by atoms with Crippen LogP contribution >= 0.6 is 11.6 Å². The number of benzene rings is 1. The molecule has 13 heteroatoms. The Hall–Kier alpha value is -2.99. The van der Waals surface area contributed by atoms with Gasteiger partial charge in [0.2, 0.25) is 0 Å². The average molecular weight is 505 g/mol. The molecule has 1 aliphatic heterocycles. The molecule has 3 amide bonds. The lowest BCUT2D eigenvalue weighted by atomic mass is 10.0. The molecular formula is C21H18ClF5N4O3. The van der Waals surface area contributed by atoms with Gasteiger partial charge in [0.1, 0.15) is 28.3 Å². The lowest BCUT2D eigenvalue weighted by Gasteiger charge is -2.28. The van der Waals surface area contributed by atoms with E-state index in [4.69, 9.17) is 11.6 Å². The van der Waals surface area contributed by atoms with Gasteiger partial charge in [0.05, 0.1) is 16.9 Å². The van der Waals surface area contributed by atoms with Gasteiger partial charge in [-0.3, -0.25) is 9.69 Å². The molecule has 7 nitrogen and oxygen atoms in total. The highest BCUT2D eigenvalue weighted by Gasteiger charge is 2.46. The second-order valence-corrected chi connectivity index (χ2v) is 8.67. The van der Waals surface area contributed by atoms with Gasteiger partial charge < -0.3 is 15.3 Å². The number of hydrogen-bond acceptors (Lipinski definition) is 4. The van der Waals surface area contributed by atoms with E-state index in [1.807, 2.05) is 0 Å². The molecule has 4 rings (SSSR count). The number of halogens is 6. The van der Waals surface area contributed by atoms with E-state index in [2.05, 4.69) is 10.3 Å². The van der Waals surface area contributed by atoms with Crippen molar-refractivity contribution in [2.24, 2.45) is 0 Å². The van der Waals surface area contributed by atoms with Crippen molar-refractivity contribution in [1.82, 2.24) is 10.3 Å². The molecule has 2 N–H and O–H groups in total. The summed E-state index contributed by atoms with van der Waals surface area (Å²) < 4.78 is 69.3. The summed E-state index contributed by atoms with van der Waals surface area (Å²) in [4.78, 5) is 31.3. The van der Waals surface area contributed by atoms with Crippen molar-refractivity contribution < 1.29 is 36.6 Å². The van der Waals surface area contributed by atoms with Crippen LogP contribution in [0, 0.1) is 11.6 Å². The third-order valence-electron chi connectivity index (χ3n) is 6.00. The number of rotatable bonds is 3. The van der Waals surface area contributed by atoms with Crippen LogP contribution in [0.2, 0.25) is 5.02 Å². The van der Waals surface area contributed by atoms with Crippen LogP contribution in [0.1, 0.15) is 30.2 Å². The van der Waals surface area contributed by atoms with Gasteiger partial charge in [0.15, 0.2) is 5.82 Å². The molecule has 1 fully saturated rings. The van der Waals surface area contributed by atoms with Crippen molar-refractivity contribution in [2.75, 3.05) is 23.4 Å². The van der Waals surface area contributed by atoms with Crippen LogP contribution in [0.15, 0.2) is 18.2 Å². The number of fused-ring (bicyclic) bond motifs is 1. The predicted octanol–water partition coefficient (Wildman–Crippen LogP) is 3.75. The minimum absolute atomic E-state index is 0.00373. The molecule has 182 valence electrons. The fourth-order valence-corrected chi connectivity index (χ4v) is 4.36. The topological polar surface area (TPSA) is 85.8 Å². The highest BCUT2D eigenvalue weighted by molar-refractivity contribution is 6.31. The molecule has 2 atom stereocenters. The van der Waals surface area contributed by atoms with Crippen LogP contribution < -0.4 is 15.1 Å². The van der Waals surface area contributed by atoms with Crippen LogP contribution in [0.5, 0.6) is 0 Å². The van der Waals surface area contributed by atoms with E-state index in [0.717, 1.165) is 29.0 Å². The number of amides is 3. The number of aromatic nitrogens is 1. The van der Waals surface area contributed by atoms with Gasteiger partial charge in [0.25, 0.3) is 5.91 Å². The zero-order valence-electron chi connectivity index (χ0n) is 17.8. The molecule has 1 aromatic carbocycles. The van der Waals surface area contributed by atoms with E-state index in [0.29, 0.717) is 6.07 Å². The number of nitrogens with one attached hydrogen (secondary N) is 1. The summed E-state index contributed by atoms with van der Waals surface area (Å²) in [7, 11) is 1.15. The third kappa shape index (κ3) is 3.84. The fraction of sp³-hybridized carbons (Fsp3) is 0.381. The van der Waals surface area contributed by atoms with Crippen LogP contribution in [0.25, 0.3) is 0 Å². The minimum atomic E-state index is -4.80. The molecule has 0 saturated carbocycles. The number of carbonyl (C=O) groups excluding carboxylic acids is 2. The molecule has 34 heavy (non-hydrogen) atoms. The normalized spacial score (nSPS) is 22.1. The van der Waals surface area contributed by atoms with Crippen molar-refractivity contribution in [3.63, 3.8) is 0 Å². The average Bonchev–Trinajstić information content (AvgIpc) is 3.29. The molecule has 0 bridgehead atoms. The largest absolute Gasteiger partial charge is 0.416 e. The number of anilines is 2. The zero-order valence-corrected chi connectivity index (χ0v) is 18.6. The van der Waals surface area contributed by atoms with Crippen LogP contribution in [0.3, 0.4) is 0 Å². The number of carbonyl (C=O) groups is 2. The lowest BCUT2D eigenvalue weighted by Crippen LogP contribution is -2.47. The SMILES string of the molecule is CN(C(=O)C1CNC(=O)N1c1cc(C(F)(F)F)c2c(n1)[C@@](C)(O)CC2)c1ccc(F)c(Cl)c1F. The summed E-state index contributed by atoms with van der Waals surface area (Å²) in [5, 5.41) is 12.1. The maximum absolute atomic E-state index is 14.4. The van der Waals surface area contributed by atoms with Crippen molar-refractivity contribution in [3.8, 4) is 0 Å². The van der Waals surface area contributed by atoms with Gasteiger partial charge in [-0.2, -0.15) is 13.2 Å². The molecule has 1 aromatic heterocycles. The first-order chi connectivity index (χ1) is 15.7. The van der Waals surface area contributed by atoms with Gasteiger partial charge in [-0.05, 0) is 43.5 Å². The first-order valence-electron chi connectivity index (χ1n) is 10.1. The van der Waals surface area contributed by atoms with E-state index in [-0.39, 0.29) is 30.6 Å². The Morgan fingerprint density at radius 2 is 2.03 bits per heavy atom. The first-order valence-corrected chi connectivity index (χ1v) is 10.4. The van der Waals surface area contributed by atoms with Gasteiger partial charge in [-0.15, -0.1) is 0 Å². The molecular weight excluding hydrogens is 487 g/mol. The van der Waals surface area contributed by atoms with E-state index in [9.17, 15) is 36.6 Å². The second-order valence-electron chi connectivity index (χ2n) is 8.29. The van der Waals surface area contributed by atoms with Crippen LogP contribution in [-0.2, 0) is 23.0 Å². The number of urea groups is 1. The monoisotopic (exact) mass is 504 g/mol.